The summed E-state index contributed by atoms with van der Waals surface area (Å²) in [6, 6.07) is 1.56. The van der Waals surface area contributed by atoms with Crippen molar-refractivity contribution >= 4 is 11.6 Å². The average Bonchev–Trinajstić information content (AvgIpc) is 2.29. The van der Waals surface area contributed by atoms with Gasteiger partial charge in [-0.3, -0.25) is 4.79 Å². The van der Waals surface area contributed by atoms with Gasteiger partial charge >= 0.3 is 0 Å². The van der Waals surface area contributed by atoms with Crippen LogP contribution >= 0.6 is 0 Å². The standard InChI is InChI=1S/C11H14F2N2O2/c1-15(3-2-4-16)11(17)7-5-10(14)9(13)6-8(7)12/h5-6,16H,2-4,14H2,1H3. The van der Waals surface area contributed by atoms with Gasteiger partial charge in [-0.25, -0.2) is 8.78 Å². The van der Waals surface area contributed by atoms with Crippen molar-refractivity contribution in [3.8, 4) is 0 Å². The van der Waals surface area contributed by atoms with Crippen molar-refractivity contribution in [1.29, 1.82) is 0 Å². The highest BCUT2D eigenvalue weighted by atomic mass is 19.1. The molecule has 0 aromatic heterocycles. The fraction of sp³-hybridized carbons (Fsp3) is 0.364. The first kappa shape index (κ1) is 13.4. The van der Waals surface area contributed by atoms with E-state index >= 15 is 0 Å². The van der Waals surface area contributed by atoms with E-state index in [1.807, 2.05) is 0 Å². The molecule has 0 saturated heterocycles. The molecular formula is C11H14F2N2O2. The predicted molar refractivity (Wildman–Crippen MR) is 59.4 cm³/mol. The lowest BCUT2D eigenvalue weighted by molar-refractivity contribution is 0.0781. The molecule has 0 fully saturated rings. The fourth-order valence-electron chi connectivity index (χ4n) is 1.34. The molecule has 0 aliphatic carbocycles. The molecule has 0 spiro atoms. The van der Waals surface area contributed by atoms with E-state index in [2.05, 4.69) is 0 Å². The Kier molecular flexibility index (Phi) is 4.39. The Bertz CT molecular complexity index is 424. The molecule has 17 heavy (non-hydrogen) atoms. The first-order valence-corrected chi connectivity index (χ1v) is 5.08. The maximum atomic E-state index is 13.4. The first-order chi connectivity index (χ1) is 7.97. The van der Waals surface area contributed by atoms with Crippen LogP contribution in [0, 0.1) is 11.6 Å². The van der Waals surface area contributed by atoms with Gasteiger partial charge in [0.25, 0.3) is 5.91 Å². The number of nitrogens with two attached hydrogens (primary N) is 1. The summed E-state index contributed by atoms with van der Waals surface area (Å²) in [6.45, 7) is 0.220. The minimum atomic E-state index is -0.947. The van der Waals surface area contributed by atoms with E-state index in [1.165, 1.54) is 11.9 Å². The Morgan fingerprint density at radius 1 is 1.41 bits per heavy atom. The fourth-order valence-corrected chi connectivity index (χ4v) is 1.34. The van der Waals surface area contributed by atoms with Crippen LogP contribution in [-0.2, 0) is 0 Å². The van der Waals surface area contributed by atoms with Gasteiger partial charge in [0.15, 0.2) is 0 Å². The van der Waals surface area contributed by atoms with Gasteiger partial charge in [0.1, 0.15) is 11.6 Å². The highest BCUT2D eigenvalue weighted by Crippen LogP contribution is 2.17. The summed E-state index contributed by atoms with van der Waals surface area (Å²) in [4.78, 5) is 13.0. The van der Waals surface area contributed by atoms with Crippen molar-refractivity contribution in [2.45, 2.75) is 6.42 Å². The number of aliphatic hydroxyl groups is 1. The van der Waals surface area contributed by atoms with Gasteiger partial charge in [-0.1, -0.05) is 0 Å². The highest BCUT2D eigenvalue weighted by molar-refractivity contribution is 5.95. The van der Waals surface area contributed by atoms with E-state index in [0.717, 1.165) is 6.07 Å². The van der Waals surface area contributed by atoms with E-state index < -0.39 is 17.5 Å². The number of hydrogen-bond acceptors (Lipinski definition) is 3. The summed E-state index contributed by atoms with van der Waals surface area (Å²) in [5.74, 6) is -2.43. The van der Waals surface area contributed by atoms with Crippen LogP contribution in [0.4, 0.5) is 14.5 Å². The topological polar surface area (TPSA) is 66.6 Å². The SMILES string of the molecule is CN(CCCO)C(=O)c1cc(N)c(F)cc1F. The number of nitrogen functional groups attached to an aromatic ring is 1. The van der Waals surface area contributed by atoms with Crippen LogP contribution in [0.2, 0.25) is 0 Å². The predicted octanol–water partition coefficient (Wildman–Crippen LogP) is 1.00. The number of nitrogens with zero attached hydrogens (tertiary/aromatic N) is 1. The average molecular weight is 244 g/mol. The minimum Gasteiger partial charge on any atom is -0.396 e. The van der Waals surface area contributed by atoms with Crippen LogP contribution in [0.25, 0.3) is 0 Å². The van der Waals surface area contributed by atoms with Gasteiger partial charge in [-0.15, -0.1) is 0 Å². The second kappa shape index (κ2) is 5.58. The molecule has 0 radical (unpaired) electrons. The lowest BCUT2D eigenvalue weighted by atomic mass is 10.1. The molecule has 0 saturated carbocycles. The van der Waals surface area contributed by atoms with Gasteiger partial charge in [-0.2, -0.15) is 0 Å². The van der Waals surface area contributed by atoms with Crippen LogP contribution in [0.1, 0.15) is 16.8 Å². The maximum absolute atomic E-state index is 13.4. The third kappa shape index (κ3) is 3.13. The molecule has 3 N–H and O–H groups in total. The largest absolute Gasteiger partial charge is 0.396 e. The monoisotopic (exact) mass is 244 g/mol. The van der Waals surface area contributed by atoms with Crippen LogP contribution < -0.4 is 5.73 Å². The number of rotatable bonds is 4. The summed E-state index contributed by atoms with van der Waals surface area (Å²) in [6.07, 6.45) is 0.389. The van der Waals surface area contributed by atoms with E-state index in [1.54, 1.807) is 0 Å². The number of carbonyl (C=O) groups is 1. The molecule has 0 heterocycles. The van der Waals surface area contributed by atoms with Crippen molar-refractivity contribution in [2.24, 2.45) is 0 Å². The molecule has 0 aliphatic heterocycles. The number of carbonyl (C=O) groups excluding carboxylic acids is 1. The molecule has 1 rings (SSSR count). The summed E-state index contributed by atoms with van der Waals surface area (Å²) < 4.78 is 26.3. The first-order valence-electron chi connectivity index (χ1n) is 5.08. The Morgan fingerprint density at radius 2 is 2.06 bits per heavy atom. The zero-order valence-electron chi connectivity index (χ0n) is 9.41. The van der Waals surface area contributed by atoms with Gasteiger partial charge in [0, 0.05) is 26.3 Å². The molecule has 0 aliphatic rings. The maximum Gasteiger partial charge on any atom is 0.256 e. The molecule has 94 valence electrons. The van der Waals surface area contributed by atoms with E-state index in [0.29, 0.717) is 12.5 Å². The third-order valence-corrected chi connectivity index (χ3v) is 2.32. The number of halogens is 2. The van der Waals surface area contributed by atoms with Gasteiger partial charge in [0.2, 0.25) is 0 Å². The zero-order valence-corrected chi connectivity index (χ0v) is 9.41. The lowest BCUT2D eigenvalue weighted by Crippen LogP contribution is -2.29. The lowest BCUT2D eigenvalue weighted by Gasteiger charge is -2.17. The van der Waals surface area contributed by atoms with Crippen LogP contribution in [0.5, 0.6) is 0 Å². The Balaban J connectivity index is 2.92. The Hall–Kier alpha value is -1.69. The number of amides is 1. The molecule has 4 nitrogen and oxygen atoms in total. The van der Waals surface area contributed by atoms with Crippen molar-refractivity contribution in [1.82, 2.24) is 4.90 Å². The molecule has 0 atom stereocenters. The minimum absolute atomic E-state index is 0.0638. The number of anilines is 1. The summed E-state index contributed by atoms with van der Waals surface area (Å²) in [5.41, 5.74) is 4.73. The van der Waals surface area contributed by atoms with Gasteiger partial charge < -0.3 is 15.7 Å². The Labute approximate surface area is 97.6 Å². The van der Waals surface area contributed by atoms with Crippen molar-refractivity contribution in [2.75, 3.05) is 25.9 Å². The van der Waals surface area contributed by atoms with Gasteiger partial charge in [-0.05, 0) is 12.5 Å². The summed E-state index contributed by atoms with van der Waals surface area (Å²) in [5, 5.41) is 8.62. The summed E-state index contributed by atoms with van der Waals surface area (Å²) in [7, 11) is 1.47. The molecule has 1 aromatic carbocycles. The molecular weight excluding hydrogens is 230 g/mol. The molecule has 6 heteroatoms. The summed E-state index contributed by atoms with van der Waals surface area (Å²) >= 11 is 0. The van der Waals surface area contributed by atoms with E-state index in [-0.39, 0.29) is 24.4 Å². The number of hydrogen-bond donors (Lipinski definition) is 2. The Morgan fingerprint density at radius 3 is 2.65 bits per heavy atom. The third-order valence-electron chi connectivity index (χ3n) is 2.32. The van der Waals surface area contributed by atoms with E-state index in [4.69, 9.17) is 10.8 Å². The molecule has 0 unspecified atom stereocenters. The number of aliphatic hydroxyl groups excluding tert-OH is 1. The van der Waals surface area contributed by atoms with Gasteiger partial charge in [0.05, 0.1) is 11.3 Å². The second-order valence-corrected chi connectivity index (χ2v) is 3.66. The quantitative estimate of drug-likeness (QED) is 0.776. The van der Waals surface area contributed by atoms with E-state index in [9.17, 15) is 13.6 Å². The second-order valence-electron chi connectivity index (χ2n) is 3.66. The highest BCUT2D eigenvalue weighted by Gasteiger charge is 2.18. The smallest absolute Gasteiger partial charge is 0.256 e. The van der Waals surface area contributed by atoms with Crippen molar-refractivity contribution < 1.29 is 18.7 Å². The molecule has 0 bridgehead atoms. The number of benzene rings is 1. The van der Waals surface area contributed by atoms with Crippen LogP contribution in [0.3, 0.4) is 0 Å². The van der Waals surface area contributed by atoms with Crippen LogP contribution in [0.15, 0.2) is 12.1 Å². The molecule has 1 amide bonds. The van der Waals surface area contributed by atoms with Crippen molar-refractivity contribution in [3.05, 3.63) is 29.3 Å². The van der Waals surface area contributed by atoms with Crippen LogP contribution in [-0.4, -0.2) is 36.1 Å². The van der Waals surface area contributed by atoms with Crippen molar-refractivity contribution in [3.63, 3.8) is 0 Å². The zero-order chi connectivity index (χ0) is 13.0. The normalized spacial score (nSPS) is 10.4. The molecule has 1 aromatic rings.